The van der Waals surface area contributed by atoms with Crippen LogP contribution in [0.3, 0.4) is 0 Å². The number of ether oxygens (including phenoxy) is 3. The summed E-state index contributed by atoms with van der Waals surface area (Å²) in [7, 11) is 4.59. The molecule has 1 heterocycles. The Balaban J connectivity index is 2.32. The van der Waals surface area contributed by atoms with Crippen LogP contribution in [-0.4, -0.2) is 50.1 Å². The predicted molar refractivity (Wildman–Crippen MR) is 81.1 cm³/mol. The number of nitrogens with zero attached hydrogens (tertiary/aromatic N) is 2. The molecule has 1 aromatic carbocycles. The minimum absolute atomic E-state index is 0.158. The fraction of sp³-hybridized carbons (Fsp3) is 0.308. The van der Waals surface area contributed by atoms with Crippen LogP contribution in [0.2, 0.25) is 0 Å². The van der Waals surface area contributed by atoms with Gasteiger partial charge in [-0.3, -0.25) is 4.79 Å². The number of benzene rings is 1. The second-order valence-corrected chi connectivity index (χ2v) is 4.45. The minimum Gasteiger partial charge on any atom is -0.493 e. The van der Waals surface area contributed by atoms with Crippen molar-refractivity contribution in [1.82, 2.24) is 10.3 Å². The Bertz CT molecular complexity index is 562. The van der Waals surface area contributed by atoms with Gasteiger partial charge < -0.3 is 19.5 Å². The van der Waals surface area contributed by atoms with E-state index in [2.05, 4.69) is 10.4 Å². The molecule has 1 aromatic rings. The van der Waals surface area contributed by atoms with Gasteiger partial charge >= 0.3 is 0 Å². The van der Waals surface area contributed by atoms with E-state index in [0.29, 0.717) is 22.8 Å². The third-order valence-corrected chi connectivity index (χ3v) is 3.15. The molecular formula is C13H15N3O4S. The molecule has 0 bridgehead atoms. The Morgan fingerprint density at radius 1 is 1.24 bits per heavy atom. The highest BCUT2D eigenvalue weighted by Gasteiger charge is 2.24. The molecule has 0 unspecified atom stereocenters. The van der Waals surface area contributed by atoms with E-state index < -0.39 is 0 Å². The van der Waals surface area contributed by atoms with Crippen molar-refractivity contribution in [2.45, 2.75) is 0 Å². The van der Waals surface area contributed by atoms with Crippen LogP contribution in [0.25, 0.3) is 0 Å². The lowest BCUT2D eigenvalue weighted by molar-refractivity contribution is -0.124. The summed E-state index contributed by atoms with van der Waals surface area (Å²) in [6.07, 6.45) is 1.50. The second-order valence-electron chi connectivity index (χ2n) is 4.07. The maximum atomic E-state index is 11.5. The monoisotopic (exact) mass is 309 g/mol. The van der Waals surface area contributed by atoms with Gasteiger partial charge in [0, 0.05) is 5.56 Å². The lowest BCUT2D eigenvalue weighted by Crippen LogP contribution is -2.25. The molecule has 0 radical (unpaired) electrons. The first-order valence-electron chi connectivity index (χ1n) is 6.05. The van der Waals surface area contributed by atoms with E-state index in [0.717, 1.165) is 5.01 Å². The van der Waals surface area contributed by atoms with E-state index >= 15 is 0 Å². The lowest BCUT2D eigenvalue weighted by Gasteiger charge is -2.13. The van der Waals surface area contributed by atoms with Crippen molar-refractivity contribution in [1.29, 1.82) is 0 Å². The van der Waals surface area contributed by atoms with E-state index in [-0.39, 0.29) is 17.6 Å². The number of amides is 1. The summed E-state index contributed by atoms with van der Waals surface area (Å²) < 4.78 is 15.7. The highest BCUT2D eigenvalue weighted by atomic mass is 32.1. The van der Waals surface area contributed by atoms with Crippen molar-refractivity contribution in [2.24, 2.45) is 5.10 Å². The Hall–Kier alpha value is -2.35. The van der Waals surface area contributed by atoms with Gasteiger partial charge in [-0.1, -0.05) is 0 Å². The van der Waals surface area contributed by atoms with Crippen LogP contribution in [0.1, 0.15) is 5.56 Å². The predicted octanol–water partition coefficient (Wildman–Crippen LogP) is 0.763. The van der Waals surface area contributed by atoms with Crippen LogP contribution in [0.4, 0.5) is 0 Å². The molecular weight excluding hydrogens is 294 g/mol. The number of thiocarbonyl (C=S) groups is 1. The summed E-state index contributed by atoms with van der Waals surface area (Å²) in [6.45, 7) is 0.158. The van der Waals surface area contributed by atoms with E-state index in [1.165, 1.54) is 27.5 Å². The summed E-state index contributed by atoms with van der Waals surface area (Å²) in [4.78, 5) is 11.5. The fourth-order valence-corrected chi connectivity index (χ4v) is 2.05. The molecule has 2 rings (SSSR count). The van der Waals surface area contributed by atoms with Crippen molar-refractivity contribution in [3.05, 3.63) is 17.7 Å². The molecule has 8 heteroatoms. The molecule has 1 aliphatic heterocycles. The number of carbonyl (C=O) groups is 1. The number of hydrogen-bond acceptors (Lipinski definition) is 6. The summed E-state index contributed by atoms with van der Waals surface area (Å²) in [5, 5.41) is 8.23. The van der Waals surface area contributed by atoms with Crippen molar-refractivity contribution >= 4 is 29.5 Å². The van der Waals surface area contributed by atoms with Crippen LogP contribution in [0.15, 0.2) is 17.2 Å². The van der Waals surface area contributed by atoms with Crippen LogP contribution < -0.4 is 19.5 Å². The number of carbonyl (C=O) groups excluding carboxylic acids is 1. The third-order valence-electron chi connectivity index (χ3n) is 2.83. The van der Waals surface area contributed by atoms with Crippen LogP contribution >= 0.6 is 12.2 Å². The summed E-state index contributed by atoms with van der Waals surface area (Å²) in [5.41, 5.74) is 0.687. The molecule has 1 aliphatic rings. The van der Waals surface area contributed by atoms with Gasteiger partial charge in [0.25, 0.3) is 5.91 Å². The SMILES string of the molecule is COc1cc(/C=N/N2C(=O)CNC2=S)cc(OC)c1OC. The van der Waals surface area contributed by atoms with Gasteiger partial charge in [0.05, 0.1) is 34.1 Å². The molecule has 0 aliphatic carbocycles. The molecule has 1 fully saturated rings. The van der Waals surface area contributed by atoms with Gasteiger partial charge in [0.15, 0.2) is 16.6 Å². The van der Waals surface area contributed by atoms with Gasteiger partial charge in [-0.25, -0.2) is 0 Å². The average Bonchev–Trinajstić information content (AvgIpc) is 2.82. The average molecular weight is 309 g/mol. The first-order chi connectivity index (χ1) is 10.1. The van der Waals surface area contributed by atoms with Gasteiger partial charge in [-0.15, -0.1) is 0 Å². The number of methoxy groups -OCH3 is 3. The van der Waals surface area contributed by atoms with Gasteiger partial charge in [0.1, 0.15) is 0 Å². The number of hydrazone groups is 1. The smallest absolute Gasteiger partial charge is 0.268 e. The molecule has 0 aromatic heterocycles. The Labute approximate surface area is 127 Å². The molecule has 1 amide bonds. The van der Waals surface area contributed by atoms with Crippen LogP contribution in [0, 0.1) is 0 Å². The molecule has 7 nitrogen and oxygen atoms in total. The van der Waals surface area contributed by atoms with Crippen LogP contribution in [0.5, 0.6) is 17.2 Å². The zero-order chi connectivity index (χ0) is 15.4. The van der Waals surface area contributed by atoms with Crippen LogP contribution in [-0.2, 0) is 4.79 Å². The Morgan fingerprint density at radius 3 is 2.29 bits per heavy atom. The van der Waals surface area contributed by atoms with Crippen molar-refractivity contribution < 1.29 is 19.0 Å². The zero-order valence-corrected chi connectivity index (χ0v) is 12.7. The molecule has 0 atom stereocenters. The molecule has 1 saturated heterocycles. The standard InChI is InChI=1S/C13H15N3O4S/c1-18-9-4-8(5-10(19-2)12(9)20-3)6-15-16-11(17)7-14-13(16)21/h4-6H,7H2,1-3H3,(H,14,21)/b15-6+. The second kappa shape index (κ2) is 6.40. The molecule has 0 spiro atoms. The normalized spacial score (nSPS) is 14.5. The minimum atomic E-state index is -0.205. The summed E-state index contributed by atoms with van der Waals surface area (Å²) >= 11 is 4.98. The number of hydrogen-bond donors (Lipinski definition) is 1. The lowest BCUT2D eigenvalue weighted by atomic mass is 10.2. The fourth-order valence-electron chi connectivity index (χ4n) is 1.83. The van der Waals surface area contributed by atoms with Crippen molar-refractivity contribution in [3.8, 4) is 17.2 Å². The van der Waals surface area contributed by atoms with E-state index in [9.17, 15) is 4.79 Å². The summed E-state index contributed by atoms with van der Waals surface area (Å²) in [6, 6.07) is 3.45. The van der Waals surface area contributed by atoms with Gasteiger partial charge in [0.2, 0.25) is 5.75 Å². The first-order valence-corrected chi connectivity index (χ1v) is 6.46. The zero-order valence-electron chi connectivity index (χ0n) is 11.9. The number of nitrogens with one attached hydrogen (secondary N) is 1. The molecule has 112 valence electrons. The van der Waals surface area contributed by atoms with E-state index in [4.69, 9.17) is 26.4 Å². The topological polar surface area (TPSA) is 72.4 Å². The van der Waals surface area contributed by atoms with Gasteiger partial charge in [-0.2, -0.15) is 10.1 Å². The van der Waals surface area contributed by atoms with E-state index in [1.807, 2.05) is 0 Å². The largest absolute Gasteiger partial charge is 0.493 e. The Morgan fingerprint density at radius 2 is 1.86 bits per heavy atom. The third kappa shape index (κ3) is 3.05. The highest BCUT2D eigenvalue weighted by molar-refractivity contribution is 7.80. The number of rotatable bonds is 5. The van der Waals surface area contributed by atoms with Gasteiger partial charge in [-0.05, 0) is 24.4 Å². The van der Waals surface area contributed by atoms with Crippen molar-refractivity contribution in [3.63, 3.8) is 0 Å². The Kier molecular flexibility index (Phi) is 4.59. The van der Waals surface area contributed by atoms with E-state index in [1.54, 1.807) is 12.1 Å². The molecule has 0 saturated carbocycles. The maximum Gasteiger partial charge on any atom is 0.268 e. The quantitative estimate of drug-likeness (QED) is 0.639. The maximum absolute atomic E-state index is 11.5. The highest BCUT2D eigenvalue weighted by Crippen LogP contribution is 2.37. The molecule has 21 heavy (non-hydrogen) atoms. The first kappa shape index (κ1) is 15.0. The summed E-state index contributed by atoms with van der Waals surface area (Å²) in [5.74, 6) is 1.30. The molecule has 1 N–H and O–H groups in total. The van der Waals surface area contributed by atoms with Crippen molar-refractivity contribution in [2.75, 3.05) is 27.9 Å².